The van der Waals surface area contributed by atoms with Crippen LogP contribution in [-0.2, 0) is 4.74 Å². The summed E-state index contributed by atoms with van der Waals surface area (Å²) < 4.78 is 8.09. The van der Waals surface area contributed by atoms with Gasteiger partial charge < -0.3 is 9.30 Å². The van der Waals surface area contributed by atoms with Crippen molar-refractivity contribution in [1.82, 2.24) is 14.5 Å². The first-order chi connectivity index (χ1) is 8.77. The Hall–Kier alpha value is -1.42. The molecule has 2 aromatic rings. The van der Waals surface area contributed by atoms with Gasteiger partial charge in [-0.05, 0) is 45.2 Å². The van der Waals surface area contributed by atoms with Crippen molar-refractivity contribution in [2.75, 3.05) is 6.61 Å². The molecular formula is C14H19N3O. The van der Waals surface area contributed by atoms with Crippen molar-refractivity contribution in [3.8, 4) is 0 Å². The monoisotopic (exact) mass is 245 g/mol. The molecule has 1 aliphatic heterocycles. The predicted octanol–water partition coefficient (Wildman–Crippen LogP) is 3.25. The Bertz CT molecular complexity index is 541. The Labute approximate surface area is 107 Å². The summed E-state index contributed by atoms with van der Waals surface area (Å²) in [7, 11) is 0. The van der Waals surface area contributed by atoms with Crippen LogP contribution in [0.25, 0.3) is 11.2 Å². The summed E-state index contributed by atoms with van der Waals surface area (Å²) >= 11 is 0. The zero-order chi connectivity index (χ0) is 12.5. The molecular weight excluding hydrogens is 226 g/mol. The maximum Gasteiger partial charge on any atom is 0.160 e. The van der Waals surface area contributed by atoms with E-state index in [1.165, 1.54) is 6.42 Å². The molecule has 4 nitrogen and oxygen atoms in total. The lowest BCUT2D eigenvalue weighted by molar-refractivity contribution is 0.00710. The van der Waals surface area contributed by atoms with Crippen LogP contribution in [-0.4, -0.2) is 21.1 Å². The third kappa shape index (κ3) is 1.90. The van der Waals surface area contributed by atoms with E-state index in [-0.39, 0.29) is 6.10 Å². The van der Waals surface area contributed by atoms with Crippen LogP contribution in [0.3, 0.4) is 0 Å². The minimum absolute atomic E-state index is 0.135. The van der Waals surface area contributed by atoms with Gasteiger partial charge in [0.1, 0.15) is 17.4 Å². The van der Waals surface area contributed by atoms with E-state index in [2.05, 4.69) is 23.4 Å². The first-order valence-electron chi connectivity index (χ1n) is 6.72. The molecule has 0 aromatic carbocycles. The van der Waals surface area contributed by atoms with E-state index in [1.807, 2.05) is 18.3 Å². The van der Waals surface area contributed by atoms with Gasteiger partial charge in [0, 0.05) is 18.8 Å². The van der Waals surface area contributed by atoms with E-state index in [0.29, 0.717) is 6.04 Å². The number of rotatable bonds is 2. The van der Waals surface area contributed by atoms with E-state index < -0.39 is 0 Å². The number of fused-ring (bicyclic) bond motifs is 1. The molecule has 0 N–H and O–H groups in total. The van der Waals surface area contributed by atoms with Gasteiger partial charge in [-0.15, -0.1) is 0 Å². The maximum atomic E-state index is 5.87. The zero-order valence-electron chi connectivity index (χ0n) is 11.0. The van der Waals surface area contributed by atoms with Crippen molar-refractivity contribution < 1.29 is 4.74 Å². The van der Waals surface area contributed by atoms with Crippen LogP contribution in [0.15, 0.2) is 18.3 Å². The molecule has 1 aliphatic rings. The van der Waals surface area contributed by atoms with Gasteiger partial charge in [-0.3, -0.25) is 0 Å². The molecule has 3 heterocycles. The van der Waals surface area contributed by atoms with E-state index in [0.717, 1.165) is 36.4 Å². The van der Waals surface area contributed by atoms with Gasteiger partial charge >= 0.3 is 0 Å². The minimum atomic E-state index is 0.135. The van der Waals surface area contributed by atoms with Gasteiger partial charge in [-0.25, -0.2) is 9.97 Å². The summed E-state index contributed by atoms with van der Waals surface area (Å²) in [5, 5.41) is 0. The quantitative estimate of drug-likeness (QED) is 0.815. The normalized spacial score (nSPS) is 20.7. The van der Waals surface area contributed by atoms with Crippen LogP contribution in [0.1, 0.15) is 51.1 Å². The standard InChI is InChI=1S/C14H19N3O/c1-10(2)17-13-11(6-5-8-15-13)16-14(17)12-7-3-4-9-18-12/h5-6,8,10,12H,3-4,7,9H2,1-2H3. The molecule has 0 saturated carbocycles. The summed E-state index contributed by atoms with van der Waals surface area (Å²) in [6.07, 6.45) is 5.41. The van der Waals surface area contributed by atoms with Crippen molar-refractivity contribution in [3.63, 3.8) is 0 Å². The van der Waals surface area contributed by atoms with E-state index in [1.54, 1.807) is 0 Å². The second kappa shape index (κ2) is 4.69. The number of hydrogen-bond acceptors (Lipinski definition) is 3. The fourth-order valence-corrected chi connectivity index (χ4v) is 2.63. The van der Waals surface area contributed by atoms with Crippen LogP contribution >= 0.6 is 0 Å². The van der Waals surface area contributed by atoms with Crippen LogP contribution in [0.4, 0.5) is 0 Å². The minimum Gasteiger partial charge on any atom is -0.370 e. The van der Waals surface area contributed by atoms with Crippen molar-refractivity contribution >= 4 is 11.2 Å². The lowest BCUT2D eigenvalue weighted by Gasteiger charge is -2.24. The first-order valence-corrected chi connectivity index (χ1v) is 6.72. The molecule has 0 spiro atoms. The lowest BCUT2D eigenvalue weighted by Crippen LogP contribution is -2.17. The van der Waals surface area contributed by atoms with Crippen molar-refractivity contribution in [1.29, 1.82) is 0 Å². The molecule has 3 rings (SSSR count). The molecule has 1 unspecified atom stereocenters. The Kier molecular flexibility index (Phi) is 3.04. The Morgan fingerprint density at radius 3 is 3.00 bits per heavy atom. The van der Waals surface area contributed by atoms with Gasteiger partial charge in [0.2, 0.25) is 0 Å². The molecule has 18 heavy (non-hydrogen) atoms. The average Bonchev–Trinajstić information content (AvgIpc) is 2.79. The number of hydrogen-bond donors (Lipinski definition) is 0. The molecule has 1 fully saturated rings. The SMILES string of the molecule is CC(C)n1c(C2CCCCO2)nc2cccnc21. The fraction of sp³-hybridized carbons (Fsp3) is 0.571. The zero-order valence-corrected chi connectivity index (χ0v) is 11.0. The largest absolute Gasteiger partial charge is 0.370 e. The smallest absolute Gasteiger partial charge is 0.160 e. The lowest BCUT2D eigenvalue weighted by atomic mass is 10.1. The van der Waals surface area contributed by atoms with E-state index >= 15 is 0 Å². The predicted molar refractivity (Wildman–Crippen MR) is 70.5 cm³/mol. The molecule has 96 valence electrons. The summed E-state index contributed by atoms with van der Waals surface area (Å²) in [6, 6.07) is 4.31. The Morgan fingerprint density at radius 1 is 1.39 bits per heavy atom. The molecule has 1 atom stereocenters. The van der Waals surface area contributed by atoms with Crippen LogP contribution in [0.2, 0.25) is 0 Å². The van der Waals surface area contributed by atoms with Gasteiger partial charge in [-0.2, -0.15) is 0 Å². The fourth-order valence-electron chi connectivity index (χ4n) is 2.63. The summed E-state index contributed by atoms with van der Waals surface area (Å²) in [5.74, 6) is 1.04. The van der Waals surface area contributed by atoms with Gasteiger partial charge in [0.05, 0.1) is 0 Å². The number of pyridine rings is 1. The number of nitrogens with zero attached hydrogens (tertiary/aromatic N) is 3. The van der Waals surface area contributed by atoms with E-state index in [4.69, 9.17) is 9.72 Å². The topological polar surface area (TPSA) is 39.9 Å². The highest BCUT2D eigenvalue weighted by atomic mass is 16.5. The van der Waals surface area contributed by atoms with Gasteiger partial charge in [0.15, 0.2) is 5.65 Å². The van der Waals surface area contributed by atoms with Crippen LogP contribution in [0, 0.1) is 0 Å². The van der Waals surface area contributed by atoms with Crippen LogP contribution in [0.5, 0.6) is 0 Å². The molecule has 2 aromatic heterocycles. The molecule has 4 heteroatoms. The molecule has 0 radical (unpaired) electrons. The molecule has 0 aliphatic carbocycles. The third-order valence-corrected chi connectivity index (χ3v) is 3.46. The average molecular weight is 245 g/mol. The first kappa shape index (κ1) is 11.7. The van der Waals surface area contributed by atoms with Crippen molar-refractivity contribution in [3.05, 3.63) is 24.2 Å². The van der Waals surface area contributed by atoms with Crippen molar-refractivity contribution in [2.45, 2.75) is 45.3 Å². The third-order valence-electron chi connectivity index (χ3n) is 3.46. The Balaban J connectivity index is 2.11. The molecule has 1 saturated heterocycles. The summed E-state index contributed by atoms with van der Waals surface area (Å²) in [4.78, 5) is 9.20. The highest BCUT2D eigenvalue weighted by Gasteiger charge is 2.24. The van der Waals surface area contributed by atoms with Crippen molar-refractivity contribution in [2.24, 2.45) is 0 Å². The highest BCUT2D eigenvalue weighted by Crippen LogP contribution is 2.31. The van der Waals surface area contributed by atoms with Gasteiger partial charge in [0.25, 0.3) is 0 Å². The number of aromatic nitrogens is 3. The summed E-state index contributed by atoms with van der Waals surface area (Å²) in [5.41, 5.74) is 1.94. The van der Waals surface area contributed by atoms with Crippen LogP contribution < -0.4 is 0 Å². The number of ether oxygens (including phenoxy) is 1. The second-order valence-corrected chi connectivity index (χ2v) is 5.14. The van der Waals surface area contributed by atoms with E-state index in [9.17, 15) is 0 Å². The maximum absolute atomic E-state index is 5.87. The Morgan fingerprint density at radius 2 is 2.28 bits per heavy atom. The number of imidazole rings is 1. The summed E-state index contributed by atoms with van der Waals surface area (Å²) in [6.45, 7) is 5.18. The molecule has 0 amide bonds. The molecule has 0 bridgehead atoms. The highest BCUT2D eigenvalue weighted by molar-refractivity contribution is 5.71. The second-order valence-electron chi connectivity index (χ2n) is 5.14. The van der Waals surface area contributed by atoms with Gasteiger partial charge in [-0.1, -0.05) is 0 Å².